The molecule has 170 valence electrons. The largest absolute Gasteiger partial charge is 0.481 e. The highest BCUT2D eigenvalue weighted by molar-refractivity contribution is 5.97. The molecule has 0 heterocycles. The van der Waals surface area contributed by atoms with Crippen molar-refractivity contribution in [1.82, 2.24) is 16.0 Å². The SMILES string of the molecule is CC(=O)NC(C(=O)N[C@@H](C)C(=O)N[C@@H](CCC(=O)O)C(N)=O)c1cccc2ccccc12. The van der Waals surface area contributed by atoms with Gasteiger partial charge in [0.2, 0.25) is 23.6 Å². The van der Waals surface area contributed by atoms with E-state index in [1.54, 1.807) is 12.1 Å². The second-order valence-corrected chi connectivity index (χ2v) is 7.33. The first kappa shape index (κ1) is 24.3. The molecular formula is C22H26N4O6. The number of carboxylic acid groups (broad SMARTS) is 1. The number of carbonyl (C=O) groups is 5. The Hall–Kier alpha value is -3.95. The maximum absolute atomic E-state index is 13.0. The van der Waals surface area contributed by atoms with Gasteiger partial charge >= 0.3 is 5.97 Å². The molecule has 0 radical (unpaired) electrons. The van der Waals surface area contributed by atoms with Gasteiger partial charge in [0.1, 0.15) is 18.1 Å². The second kappa shape index (κ2) is 10.9. The number of hydrogen-bond donors (Lipinski definition) is 5. The summed E-state index contributed by atoms with van der Waals surface area (Å²) in [4.78, 5) is 59.5. The molecule has 0 saturated heterocycles. The fourth-order valence-corrected chi connectivity index (χ4v) is 3.20. The van der Waals surface area contributed by atoms with Crippen LogP contribution in [-0.2, 0) is 24.0 Å². The van der Waals surface area contributed by atoms with Crippen molar-refractivity contribution >= 4 is 40.4 Å². The number of rotatable bonds is 10. The minimum absolute atomic E-state index is 0.179. The van der Waals surface area contributed by atoms with Crippen molar-refractivity contribution in [2.45, 2.75) is 44.8 Å². The van der Waals surface area contributed by atoms with Crippen LogP contribution in [0.1, 0.15) is 38.3 Å². The van der Waals surface area contributed by atoms with Gasteiger partial charge in [0.15, 0.2) is 0 Å². The first-order valence-corrected chi connectivity index (χ1v) is 9.96. The van der Waals surface area contributed by atoms with E-state index in [-0.39, 0.29) is 12.8 Å². The smallest absolute Gasteiger partial charge is 0.303 e. The molecule has 10 heteroatoms. The summed E-state index contributed by atoms with van der Waals surface area (Å²) >= 11 is 0. The van der Waals surface area contributed by atoms with Gasteiger partial charge in [-0.1, -0.05) is 42.5 Å². The van der Waals surface area contributed by atoms with Gasteiger partial charge in [0, 0.05) is 13.3 Å². The number of carboxylic acids is 1. The number of fused-ring (bicyclic) bond motifs is 1. The Bertz CT molecular complexity index is 1030. The van der Waals surface area contributed by atoms with E-state index in [9.17, 15) is 24.0 Å². The van der Waals surface area contributed by atoms with Crippen LogP contribution in [0.2, 0.25) is 0 Å². The standard InChI is InChI=1S/C22H26N4O6/c1-12(21(31)26-17(20(23)30)10-11-18(28)29)24-22(32)19(25-13(2)27)16-9-5-7-14-6-3-4-8-15(14)16/h3-9,12,17,19H,10-11H2,1-2H3,(H2,23,30)(H,24,32)(H,25,27)(H,26,31)(H,28,29)/t12-,17-,19?/m0/s1. The maximum Gasteiger partial charge on any atom is 0.303 e. The predicted octanol–water partition coefficient (Wildman–Crippen LogP) is 0.357. The first-order chi connectivity index (χ1) is 15.1. The normalized spacial score (nSPS) is 13.4. The average molecular weight is 442 g/mol. The lowest BCUT2D eigenvalue weighted by Gasteiger charge is -2.23. The third-order valence-electron chi connectivity index (χ3n) is 4.80. The summed E-state index contributed by atoms with van der Waals surface area (Å²) in [6, 6.07) is 9.37. The third kappa shape index (κ3) is 6.53. The number of benzene rings is 2. The Labute approximate surface area is 184 Å². The molecular weight excluding hydrogens is 416 g/mol. The predicted molar refractivity (Wildman–Crippen MR) is 116 cm³/mol. The Morgan fingerprint density at radius 3 is 2.22 bits per heavy atom. The minimum Gasteiger partial charge on any atom is -0.481 e. The maximum atomic E-state index is 13.0. The lowest BCUT2D eigenvalue weighted by Crippen LogP contribution is -2.53. The Balaban J connectivity index is 2.18. The van der Waals surface area contributed by atoms with Crippen LogP contribution in [-0.4, -0.2) is 46.8 Å². The van der Waals surface area contributed by atoms with E-state index in [1.807, 2.05) is 30.3 Å². The summed E-state index contributed by atoms with van der Waals surface area (Å²) in [6.45, 7) is 2.68. The van der Waals surface area contributed by atoms with Gasteiger partial charge in [-0.2, -0.15) is 0 Å². The van der Waals surface area contributed by atoms with Crippen LogP contribution in [0.15, 0.2) is 42.5 Å². The molecule has 3 atom stereocenters. The number of carbonyl (C=O) groups excluding carboxylic acids is 4. The number of amides is 4. The number of aliphatic carboxylic acids is 1. The van der Waals surface area contributed by atoms with Crippen LogP contribution in [0.3, 0.4) is 0 Å². The molecule has 2 aromatic carbocycles. The van der Waals surface area contributed by atoms with Crippen molar-refractivity contribution < 1.29 is 29.1 Å². The molecule has 2 aromatic rings. The summed E-state index contributed by atoms with van der Waals surface area (Å²) in [5.74, 6) is -3.80. The zero-order valence-electron chi connectivity index (χ0n) is 17.8. The van der Waals surface area contributed by atoms with Crippen molar-refractivity contribution in [2.24, 2.45) is 5.73 Å². The van der Waals surface area contributed by atoms with E-state index in [4.69, 9.17) is 10.8 Å². The lowest BCUT2D eigenvalue weighted by atomic mass is 9.97. The van der Waals surface area contributed by atoms with E-state index in [1.165, 1.54) is 13.8 Å². The van der Waals surface area contributed by atoms with Gasteiger partial charge < -0.3 is 26.8 Å². The average Bonchev–Trinajstić information content (AvgIpc) is 2.73. The lowest BCUT2D eigenvalue weighted by molar-refractivity contribution is -0.138. The van der Waals surface area contributed by atoms with Crippen LogP contribution < -0.4 is 21.7 Å². The molecule has 4 amide bonds. The summed E-state index contributed by atoms with van der Waals surface area (Å²) in [5.41, 5.74) is 5.78. The third-order valence-corrected chi connectivity index (χ3v) is 4.80. The Kier molecular flexibility index (Phi) is 8.28. The van der Waals surface area contributed by atoms with Gasteiger partial charge in [-0.15, -0.1) is 0 Å². The minimum atomic E-state index is -1.19. The van der Waals surface area contributed by atoms with Crippen LogP contribution >= 0.6 is 0 Å². The number of hydrogen-bond acceptors (Lipinski definition) is 5. The monoisotopic (exact) mass is 442 g/mol. The Morgan fingerprint density at radius 2 is 1.59 bits per heavy atom. The number of nitrogens with two attached hydrogens (primary N) is 1. The van der Waals surface area contributed by atoms with Crippen LogP contribution in [0.25, 0.3) is 10.8 Å². The van der Waals surface area contributed by atoms with Crippen molar-refractivity contribution in [3.05, 3.63) is 48.0 Å². The van der Waals surface area contributed by atoms with Gasteiger partial charge in [-0.25, -0.2) is 0 Å². The molecule has 1 unspecified atom stereocenters. The van der Waals surface area contributed by atoms with Gasteiger partial charge in [-0.3, -0.25) is 24.0 Å². The van der Waals surface area contributed by atoms with Crippen LogP contribution in [0.4, 0.5) is 0 Å². The van der Waals surface area contributed by atoms with Crippen molar-refractivity contribution in [3.63, 3.8) is 0 Å². The van der Waals surface area contributed by atoms with Crippen molar-refractivity contribution in [2.75, 3.05) is 0 Å². The fourth-order valence-electron chi connectivity index (χ4n) is 3.20. The van der Waals surface area contributed by atoms with E-state index in [0.29, 0.717) is 5.56 Å². The van der Waals surface area contributed by atoms with Gasteiger partial charge in [0.05, 0.1) is 0 Å². The molecule has 0 saturated carbocycles. The topological polar surface area (TPSA) is 168 Å². The van der Waals surface area contributed by atoms with E-state index in [2.05, 4.69) is 16.0 Å². The van der Waals surface area contributed by atoms with Crippen LogP contribution in [0.5, 0.6) is 0 Å². The zero-order valence-corrected chi connectivity index (χ0v) is 17.8. The molecule has 0 aliphatic heterocycles. The van der Waals surface area contributed by atoms with E-state index < -0.39 is 47.7 Å². The van der Waals surface area contributed by atoms with Gasteiger partial charge in [-0.05, 0) is 29.7 Å². The Morgan fingerprint density at radius 1 is 0.938 bits per heavy atom. The summed E-state index contributed by atoms with van der Waals surface area (Å²) < 4.78 is 0. The summed E-state index contributed by atoms with van der Waals surface area (Å²) in [5, 5.41) is 17.9. The highest BCUT2D eigenvalue weighted by Gasteiger charge is 2.28. The number of primary amides is 1. The van der Waals surface area contributed by atoms with E-state index in [0.717, 1.165) is 10.8 Å². The highest BCUT2D eigenvalue weighted by Crippen LogP contribution is 2.24. The van der Waals surface area contributed by atoms with Crippen LogP contribution in [0, 0.1) is 0 Å². The molecule has 0 aliphatic carbocycles. The first-order valence-electron chi connectivity index (χ1n) is 9.96. The van der Waals surface area contributed by atoms with Crippen molar-refractivity contribution in [3.8, 4) is 0 Å². The molecule has 6 N–H and O–H groups in total. The summed E-state index contributed by atoms with van der Waals surface area (Å²) in [6.07, 6.45) is -0.540. The summed E-state index contributed by atoms with van der Waals surface area (Å²) in [7, 11) is 0. The molecule has 2 rings (SSSR count). The van der Waals surface area contributed by atoms with E-state index >= 15 is 0 Å². The number of nitrogens with one attached hydrogen (secondary N) is 3. The molecule has 0 aliphatic rings. The highest BCUT2D eigenvalue weighted by atomic mass is 16.4. The fraction of sp³-hybridized carbons (Fsp3) is 0.318. The quantitative estimate of drug-likeness (QED) is 0.356. The molecule has 0 bridgehead atoms. The molecule has 0 spiro atoms. The molecule has 10 nitrogen and oxygen atoms in total. The van der Waals surface area contributed by atoms with Gasteiger partial charge in [0.25, 0.3) is 0 Å². The molecule has 0 aromatic heterocycles. The molecule has 0 fully saturated rings. The second-order valence-electron chi connectivity index (χ2n) is 7.33. The zero-order chi connectivity index (χ0) is 23.8. The molecule has 32 heavy (non-hydrogen) atoms. The van der Waals surface area contributed by atoms with Crippen molar-refractivity contribution in [1.29, 1.82) is 0 Å².